The van der Waals surface area contributed by atoms with E-state index in [4.69, 9.17) is 21.1 Å². The van der Waals surface area contributed by atoms with E-state index in [1.54, 1.807) is 10.7 Å². The first-order valence-electron chi connectivity index (χ1n) is 8.31. The minimum atomic E-state index is -1.15. The zero-order chi connectivity index (χ0) is 19.0. The Morgan fingerprint density at radius 2 is 2.00 bits per heavy atom. The van der Waals surface area contributed by atoms with Crippen LogP contribution in [0.5, 0.6) is 0 Å². The number of fused-ring (bicyclic) bond motifs is 1. The summed E-state index contributed by atoms with van der Waals surface area (Å²) in [4.78, 5) is 10.8. The molecule has 27 heavy (non-hydrogen) atoms. The van der Waals surface area contributed by atoms with Crippen LogP contribution in [-0.2, 0) is 6.54 Å². The lowest BCUT2D eigenvalue weighted by Gasteiger charge is -2.06. The van der Waals surface area contributed by atoms with Gasteiger partial charge in [-0.3, -0.25) is 10.00 Å². The molecule has 2 aromatic carbocycles. The van der Waals surface area contributed by atoms with Gasteiger partial charge in [0.2, 0.25) is 0 Å². The highest BCUT2D eigenvalue weighted by atomic mass is 35.5. The van der Waals surface area contributed by atoms with E-state index < -0.39 is 6.09 Å². The molecule has 4 rings (SSSR count). The maximum absolute atomic E-state index is 10.8. The largest absolute Gasteiger partial charge is 0.465 e. The molecule has 0 saturated carbocycles. The molecule has 4 aromatic rings. The summed E-state index contributed by atoms with van der Waals surface area (Å²) in [5.41, 5.74) is 3.41. The van der Waals surface area contributed by atoms with Crippen LogP contribution in [0.3, 0.4) is 0 Å². The fraction of sp³-hybridized carbons (Fsp3) is 0.100. The molecular formula is C20H16ClN3O3. The average Bonchev–Trinajstić information content (AvgIpc) is 3.19. The van der Waals surface area contributed by atoms with Gasteiger partial charge in [0.05, 0.1) is 6.54 Å². The first-order chi connectivity index (χ1) is 13.0. The number of nitrogens with zero attached hydrogens (tertiary/aromatic N) is 2. The number of aryl methyl sites for hydroxylation is 1. The summed E-state index contributed by atoms with van der Waals surface area (Å²) in [6.07, 6.45) is -1.15. The van der Waals surface area contributed by atoms with Crippen molar-refractivity contribution in [3.63, 3.8) is 0 Å². The number of nitrogens with one attached hydrogen (secondary N) is 1. The Bertz CT molecular complexity index is 1130. The van der Waals surface area contributed by atoms with Crippen molar-refractivity contribution in [2.24, 2.45) is 0 Å². The Balaban J connectivity index is 1.74. The predicted molar refractivity (Wildman–Crippen MR) is 104 cm³/mol. The van der Waals surface area contributed by atoms with Crippen LogP contribution >= 0.6 is 11.6 Å². The van der Waals surface area contributed by atoms with Crippen LogP contribution in [0.15, 0.2) is 59.0 Å². The minimum absolute atomic E-state index is 0.280. The van der Waals surface area contributed by atoms with E-state index in [1.807, 2.05) is 55.5 Å². The van der Waals surface area contributed by atoms with Crippen molar-refractivity contribution in [2.75, 3.05) is 5.32 Å². The van der Waals surface area contributed by atoms with E-state index in [0.717, 1.165) is 33.6 Å². The normalized spacial score (nSPS) is 11.0. The second-order valence-corrected chi connectivity index (χ2v) is 6.66. The van der Waals surface area contributed by atoms with Gasteiger partial charge >= 0.3 is 6.09 Å². The molecule has 0 bridgehead atoms. The van der Waals surface area contributed by atoms with Crippen LogP contribution < -0.4 is 5.32 Å². The molecule has 0 fully saturated rings. The number of benzene rings is 2. The van der Waals surface area contributed by atoms with Crippen LogP contribution in [0, 0.1) is 6.92 Å². The predicted octanol–water partition coefficient (Wildman–Crippen LogP) is 5.40. The quantitative estimate of drug-likeness (QED) is 0.496. The highest BCUT2D eigenvalue weighted by molar-refractivity contribution is 6.31. The molecular weight excluding hydrogens is 366 g/mol. The Hall–Kier alpha value is -3.25. The fourth-order valence-electron chi connectivity index (χ4n) is 3.05. The molecule has 6 nitrogen and oxygen atoms in total. The Morgan fingerprint density at radius 3 is 2.74 bits per heavy atom. The SMILES string of the molecule is Cc1cc(NC(=O)O)nn1Cc1cc(Cl)cc2cc(-c3ccccc3)oc12. The first kappa shape index (κ1) is 17.2. The fourth-order valence-corrected chi connectivity index (χ4v) is 3.30. The molecule has 7 heteroatoms. The maximum atomic E-state index is 10.8. The van der Waals surface area contributed by atoms with Gasteiger partial charge in [0, 0.05) is 33.3 Å². The van der Waals surface area contributed by atoms with Crippen LogP contribution in [0.1, 0.15) is 11.3 Å². The van der Waals surface area contributed by atoms with Gasteiger partial charge in [0.1, 0.15) is 11.3 Å². The number of furan rings is 1. The summed E-state index contributed by atoms with van der Waals surface area (Å²) in [6, 6.07) is 17.2. The van der Waals surface area contributed by atoms with Crippen LogP contribution in [-0.4, -0.2) is 21.0 Å². The Labute approximate surface area is 160 Å². The summed E-state index contributed by atoms with van der Waals surface area (Å²) in [6.45, 7) is 2.27. The van der Waals surface area contributed by atoms with Gasteiger partial charge in [0.15, 0.2) is 5.82 Å². The van der Waals surface area contributed by atoms with E-state index in [-0.39, 0.29) is 5.82 Å². The zero-order valence-corrected chi connectivity index (χ0v) is 15.2. The van der Waals surface area contributed by atoms with Gasteiger partial charge in [-0.2, -0.15) is 5.10 Å². The summed E-state index contributed by atoms with van der Waals surface area (Å²) < 4.78 is 7.82. The number of hydrogen-bond acceptors (Lipinski definition) is 3. The molecule has 0 radical (unpaired) electrons. The number of hydrogen-bond donors (Lipinski definition) is 2. The molecule has 0 saturated heterocycles. The first-order valence-corrected chi connectivity index (χ1v) is 8.69. The topological polar surface area (TPSA) is 80.3 Å². The van der Waals surface area contributed by atoms with Crippen molar-refractivity contribution >= 4 is 34.5 Å². The van der Waals surface area contributed by atoms with E-state index in [0.29, 0.717) is 11.6 Å². The van der Waals surface area contributed by atoms with E-state index in [2.05, 4.69) is 10.4 Å². The highest BCUT2D eigenvalue weighted by Crippen LogP contribution is 2.32. The molecule has 0 spiro atoms. The minimum Gasteiger partial charge on any atom is -0.465 e. The summed E-state index contributed by atoms with van der Waals surface area (Å²) in [5, 5.41) is 16.9. The number of anilines is 1. The van der Waals surface area contributed by atoms with Crippen LogP contribution in [0.2, 0.25) is 5.02 Å². The monoisotopic (exact) mass is 381 g/mol. The van der Waals surface area contributed by atoms with Crippen molar-refractivity contribution in [2.45, 2.75) is 13.5 Å². The highest BCUT2D eigenvalue weighted by Gasteiger charge is 2.14. The molecule has 0 aliphatic heterocycles. The van der Waals surface area contributed by atoms with Crippen LogP contribution in [0.4, 0.5) is 10.6 Å². The standard InChI is InChI=1S/C20H16ClN3O3/c1-12-7-18(22-20(25)26)23-24(12)11-15-9-16(21)8-14-10-17(27-19(14)15)13-5-3-2-4-6-13/h2-10H,11H2,1H3,(H,22,23)(H,25,26). The number of carbonyl (C=O) groups is 1. The second kappa shape index (κ2) is 6.81. The van der Waals surface area contributed by atoms with E-state index in [9.17, 15) is 4.79 Å². The molecule has 2 aromatic heterocycles. The smallest absolute Gasteiger partial charge is 0.410 e. The van der Waals surface area contributed by atoms with Crippen molar-refractivity contribution in [1.82, 2.24) is 9.78 Å². The zero-order valence-electron chi connectivity index (χ0n) is 14.4. The lowest BCUT2D eigenvalue weighted by Crippen LogP contribution is -2.09. The van der Waals surface area contributed by atoms with Crippen molar-refractivity contribution < 1.29 is 14.3 Å². The molecule has 1 amide bonds. The van der Waals surface area contributed by atoms with Crippen molar-refractivity contribution in [1.29, 1.82) is 0 Å². The maximum Gasteiger partial charge on any atom is 0.410 e. The van der Waals surface area contributed by atoms with Crippen LogP contribution in [0.25, 0.3) is 22.3 Å². The number of amides is 1. The van der Waals surface area contributed by atoms with Gasteiger partial charge in [-0.1, -0.05) is 41.9 Å². The van der Waals surface area contributed by atoms with Crippen molar-refractivity contribution in [3.05, 3.63) is 70.9 Å². The third-order valence-corrected chi connectivity index (χ3v) is 4.47. The van der Waals surface area contributed by atoms with Gasteiger partial charge in [-0.25, -0.2) is 4.79 Å². The lowest BCUT2D eigenvalue weighted by molar-refractivity contribution is 0.209. The summed E-state index contributed by atoms with van der Waals surface area (Å²) >= 11 is 6.30. The number of rotatable bonds is 4. The molecule has 0 atom stereocenters. The van der Waals surface area contributed by atoms with Gasteiger partial charge in [-0.15, -0.1) is 0 Å². The lowest BCUT2D eigenvalue weighted by atomic mass is 10.1. The van der Waals surface area contributed by atoms with E-state index >= 15 is 0 Å². The van der Waals surface area contributed by atoms with Gasteiger partial charge in [-0.05, 0) is 25.1 Å². The number of carboxylic acid groups (broad SMARTS) is 1. The van der Waals surface area contributed by atoms with Gasteiger partial charge < -0.3 is 9.52 Å². The summed E-state index contributed by atoms with van der Waals surface area (Å²) in [7, 11) is 0. The number of halogens is 1. The average molecular weight is 382 g/mol. The Morgan fingerprint density at radius 1 is 1.22 bits per heavy atom. The molecule has 136 valence electrons. The van der Waals surface area contributed by atoms with Gasteiger partial charge in [0.25, 0.3) is 0 Å². The van der Waals surface area contributed by atoms with E-state index in [1.165, 1.54) is 0 Å². The summed E-state index contributed by atoms with van der Waals surface area (Å²) in [5.74, 6) is 1.04. The van der Waals surface area contributed by atoms with Crippen molar-refractivity contribution in [3.8, 4) is 11.3 Å². The Kier molecular flexibility index (Phi) is 4.33. The second-order valence-electron chi connectivity index (χ2n) is 6.22. The molecule has 0 aliphatic carbocycles. The third-order valence-electron chi connectivity index (χ3n) is 4.25. The molecule has 0 aliphatic rings. The molecule has 0 unspecified atom stereocenters. The third kappa shape index (κ3) is 3.52. The molecule has 2 heterocycles. The molecule has 2 N–H and O–H groups in total. The number of aromatic nitrogens is 2.